The van der Waals surface area contributed by atoms with Crippen molar-refractivity contribution in [2.24, 2.45) is 0 Å². The van der Waals surface area contributed by atoms with Crippen molar-refractivity contribution in [2.75, 3.05) is 5.32 Å². The van der Waals surface area contributed by atoms with E-state index in [9.17, 15) is 4.79 Å². The summed E-state index contributed by atoms with van der Waals surface area (Å²) in [5.41, 5.74) is 4.82. The number of aromatic nitrogens is 4. The van der Waals surface area contributed by atoms with Crippen molar-refractivity contribution in [3.63, 3.8) is 0 Å². The number of halogens is 1. The lowest BCUT2D eigenvalue weighted by molar-refractivity contribution is 0.110. The monoisotopic (exact) mass is 714 g/mol. The molecule has 0 spiro atoms. The van der Waals surface area contributed by atoms with Crippen LogP contribution in [0.15, 0.2) is 126 Å². The zero-order valence-electron chi connectivity index (χ0n) is 27.6. The Labute approximate surface area is 295 Å². The Morgan fingerprint density at radius 3 is 1.94 bits per heavy atom. The number of carbonyl (C=O) groups excluding carboxylic acids is 1. The number of hydrogen-bond donors (Lipinski definition) is 2. The molecule has 1 saturated carbocycles. The number of benzene rings is 4. The molecule has 2 N–H and O–H groups in total. The molecule has 8 nitrogen and oxygen atoms in total. The highest BCUT2D eigenvalue weighted by molar-refractivity contribution is 9.10. The van der Waals surface area contributed by atoms with Crippen molar-refractivity contribution in [2.45, 2.75) is 63.3 Å². The number of carbonyl (C=O) groups is 1. The molecule has 0 radical (unpaired) electrons. The molecule has 248 valence electrons. The third-order valence-corrected chi connectivity index (χ3v) is 9.63. The molecule has 1 fully saturated rings. The van der Waals surface area contributed by atoms with Crippen molar-refractivity contribution in [3.05, 3.63) is 143 Å². The summed E-state index contributed by atoms with van der Waals surface area (Å²) in [6.45, 7) is 3.71. The summed E-state index contributed by atoms with van der Waals surface area (Å²) in [6, 6.07) is 40.0. The highest BCUT2D eigenvalue weighted by Crippen LogP contribution is 2.43. The van der Waals surface area contributed by atoms with Crippen LogP contribution in [-0.4, -0.2) is 44.0 Å². The molecule has 0 saturated heterocycles. The minimum atomic E-state index is -0.855. The van der Waals surface area contributed by atoms with Gasteiger partial charge < -0.3 is 15.4 Å². The quantitative estimate of drug-likeness (QED) is 0.145. The zero-order valence-corrected chi connectivity index (χ0v) is 29.2. The van der Waals surface area contributed by atoms with Crippen LogP contribution in [0, 0.1) is 0 Å². The van der Waals surface area contributed by atoms with Crippen molar-refractivity contribution in [1.82, 2.24) is 25.1 Å². The Morgan fingerprint density at radius 2 is 1.39 bits per heavy atom. The normalized spacial score (nSPS) is 16.4. The largest absolute Gasteiger partial charge is 0.447 e. The third-order valence-electron chi connectivity index (χ3n) is 9.14. The number of nitrogens with one attached hydrogen (secondary N) is 2. The van der Waals surface area contributed by atoms with Gasteiger partial charge in [-0.25, -0.2) is 14.5 Å². The van der Waals surface area contributed by atoms with Gasteiger partial charge in [0.1, 0.15) is 11.2 Å². The highest BCUT2D eigenvalue weighted by atomic mass is 79.9. The van der Waals surface area contributed by atoms with Crippen LogP contribution >= 0.6 is 15.9 Å². The molecule has 7 rings (SSSR count). The molecule has 4 aromatic carbocycles. The predicted molar refractivity (Wildman–Crippen MR) is 197 cm³/mol. The number of amides is 1. The van der Waals surface area contributed by atoms with Crippen molar-refractivity contribution in [3.8, 4) is 11.3 Å². The van der Waals surface area contributed by atoms with E-state index in [0.717, 1.165) is 69.1 Å². The van der Waals surface area contributed by atoms with Crippen molar-refractivity contribution >= 4 is 39.0 Å². The summed E-state index contributed by atoms with van der Waals surface area (Å²) in [5, 5.41) is 13.0. The maximum Gasteiger partial charge on any atom is 0.407 e. The SMILES string of the molecule is CC(C)OC(=O)NC1CCC(Nc2ncc3c(-c4cccc(Br)c4)nn(C(c4ccccc4)(c4ccccc4)c4ccccc4)c3n2)CC1. The summed E-state index contributed by atoms with van der Waals surface area (Å²) < 4.78 is 8.35. The molecule has 0 bridgehead atoms. The van der Waals surface area contributed by atoms with Crippen LogP contribution in [0.25, 0.3) is 22.3 Å². The second kappa shape index (κ2) is 14.2. The average Bonchev–Trinajstić information content (AvgIpc) is 3.50. The number of rotatable bonds is 9. The maximum absolute atomic E-state index is 12.2. The van der Waals surface area contributed by atoms with Gasteiger partial charge in [-0.15, -0.1) is 0 Å². The molecule has 1 amide bonds. The number of nitrogens with zero attached hydrogens (tertiary/aromatic N) is 4. The first-order valence-electron chi connectivity index (χ1n) is 16.8. The van der Waals surface area contributed by atoms with Gasteiger partial charge in [-0.2, -0.15) is 10.1 Å². The number of alkyl carbamates (subject to hydrolysis) is 1. The number of anilines is 1. The molecule has 1 aliphatic rings. The van der Waals surface area contributed by atoms with Gasteiger partial charge in [0.05, 0.1) is 11.5 Å². The van der Waals surface area contributed by atoms with Gasteiger partial charge in [0, 0.05) is 28.3 Å². The Bertz CT molecular complexity index is 1930. The summed E-state index contributed by atoms with van der Waals surface area (Å²) in [7, 11) is 0. The Kier molecular flexibility index (Phi) is 9.44. The van der Waals surface area contributed by atoms with Crippen LogP contribution in [0.2, 0.25) is 0 Å². The van der Waals surface area contributed by atoms with E-state index in [1.54, 1.807) is 0 Å². The van der Waals surface area contributed by atoms with Gasteiger partial charge >= 0.3 is 6.09 Å². The lowest BCUT2D eigenvalue weighted by Gasteiger charge is -2.36. The molecule has 1 aliphatic carbocycles. The molecular formula is C40H39BrN6O2. The van der Waals surface area contributed by atoms with E-state index < -0.39 is 5.54 Å². The Morgan fingerprint density at radius 1 is 0.816 bits per heavy atom. The average molecular weight is 716 g/mol. The first-order chi connectivity index (χ1) is 23.9. The predicted octanol–water partition coefficient (Wildman–Crippen LogP) is 8.95. The first-order valence-corrected chi connectivity index (χ1v) is 17.6. The van der Waals surface area contributed by atoms with E-state index in [-0.39, 0.29) is 24.3 Å². The molecule has 0 atom stereocenters. The number of hydrogen-bond acceptors (Lipinski definition) is 6. The van der Waals surface area contributed by atoms with Crippen LogP contribution in [0.4, 0.5) is 10.7 Å². The van der Waals surface area contributed by atoms with Gasteiger partial charge in [0.2, 0.25) is 5.95 Å². The van der Waals surface area contributed by atoms with Gasteiger partial charge in [0.25, 0.3) is 0 Å². The fraction of sp³-hybridized carbons (Fsp3) is 0.250. The van der Waals surface area contributed by atoms with Crippen LogP contribution < -0.4 is 10.6 Å². The van der Waals surface area contributed by atoms with E-state index in [0.29, 0.717) is 5.95 Å². The molecule has 0 unspecified atom stereocenters. The molecule has 6 aromatic rings. The van der Waals surface area contributed by atoms with Gasteiger partial charge in [-0.05, 0) is 68.4 Å². The van der Waals surface area contributed by atoms with Crippen molar-refractivity contribution in [1.29, 1.82) is 0 Å². The number of fused-ring (bicyclic) bond motifs is 1. The van der Waals surface area contributed by atoms with Crippen LogP contribution in [-0.2, 0) is 10.3 Å². The number of ether oxygens (including phenoxy) is 1. The summed E-state index contributed by atoms with van der Waals surface area (Å²) in [6.07, 6.45) is 4.83. The molecule has 0 aliphatic heterocycles. The Hall–Kier alpha value is -5.02. The molecule has 2 aromatic heterocycles. The van der Waals surface area contributed by atoms with Gasteiger partial charge in [-0.3, -0.25) is 0 Å². The fourth-order valence-corrected chi connectivity index (χ4v) is 7.34. The van der Waals surface area contributed by atoms with Crippen molar-refractivity contribution < 1.29 is 9.53 Å². The van der Waals surface area contributed by atoms with Gasteiger partial charge in [-0.1, -0.05) is 119 Å². The second-order valence-electron chi connectivity index (χ2n) is 12.8. The minimum absolute atomic E-state index is 0.0881. The third kappa shape index (κ3) is 6.68. The standard InChI is InChI=1S/C40H39BrN6O2/c1-27(2)49-39(48)44-34-23-21-33(22-24-34)43-38-42-26-35-36(28-13-12-20-32(41)25-28)46-47(37(35)45-38)40(29-14-6-3-7-15-29,30-16-8-4-9-17-30)31-18-10-5-11-19-31/h3-20,25-27,33-34H,21-24H2,1-2H3,(H,44,48)(H,42,43,45). The topological polar surface area (TPSA) is 94.0 Å². The highest BCUT2D eigenvalue weighted by Gasteiger charge is 2.41. The molecule has 9 heteroatoms. The van der Waals surface area contributed by atoms with Gasteiger partial charge in [0.15, 0.2) is 5.65 Å². The van der Waals surface area contributed by atoms with Crippen LogP contribution in [0.3, 0.4) is 0 Å². The Balaban J connectivity index is 1.36. The maximum atomic E-state index is 12.2. The fourth-order valence-electron chi connectivity index (χ4n) is 6.94. The first kappa shape index (κ1) is 32.5. The van der Waals surface area contributed by atoms with E-state index in [1.165, 1.54) is 0 Å². The lowest BCUT2D eigenvalue weighted by atomic mass is 9.77. The minimum Gasteiger partial charge on any atom is -0.447 e. The second-order valence-corrected chi connectivity index (χ2v) is 13.7. The summed E-state index contributed by atoms with van der Waals surface area (Å²) in [5.74, 6) is 0.549. The summed E-state index contributed by atoms with van der Waals surface area (Å²) in [4.78, 5) is 22.3. The van der Waals surface area contributed by atoms with Crippen LogP contribution in [0.5, 0.6) is 0 Å². The van der Waals surface area contributed by atoms with E-state index in [2.05, 4.69) is 116 Å². The van der Waals surface area contributed by atoms with E-state index in [4.69, 9.17) is 19.8 Å². The molecule has 49 heavy (non-hydrogen) atoms. The smallest absolute Gasteiger partial charge is 0.407 e. The zero-order chi connectivity index (χ0) is 33.8. The molecule has 2 heterocycles. The van der Waals surface area contributed by atoms with E-state index in [1.807, 2.05) is 50.4 Å². The molecular weight excluding hydrogens is 676 g/mol. The lowest BCUT2D eigenvalue weighted by Crippen LogP contribution is -2.41. The van der Waals surface area contributed by atoms with E-state index >= 15 is 0 Å². The summed E-state index contributed by atoms with van der Waals surface area (Å²) >= 11 is 3.67. The van der Waals surface area contributed by atoms with Crippen LogP contribution in [0.1, 0.15) is 56.2 Å².